The van der Waals surface area contributed by atoms with Crippen LogP contribution in [0.4, 0.5) is 0 Å². The minimum Gasteiger partial charge on any atom is -0.463 e. The van der Waals surface area contributed by atoms with E-state index < -0.39 is 147 Å². The van der Waals surface area contributed by atoms with E-state index in [1.165, 1.54) is 0 Å². The van der Waals surface area contributed by atoms with Crippen molar-refractivity contribution in [2.75, 3.05) is 19.8 Å². The normalized spacial score (nSPS) is 36.6. The van der Waals surface area contributed by atoms with Crippen LogP contribution in [0.5, 0.6) is 0 Å². The lowest BCUT2D eigenvalue weighted by Crippen LogP contribution is -2.68. The summed E-state index contributed by atoms with van der Waals surface area (Å²) in [4.78, 5) is 87.6. The van der Waals surface area contributed by atoms with Gasteiger partial charge in [0.15, 0.2) is 61.8 Å². The highest BCUT2D eigenvalue weighted by atomic mass is 16.8. The van der Waals surface area contributed by atoms with Crippen molar-refractivity contribution in [3.8, 4) is 0 Å². The maximum Gasteiger partial charge on any atom is 0.303 e. The Bertz CT molecular complexity index is 1770. The molecule has 0 amide bonds. The molecule has 2 bridgehead atoms. The second-order valence-electron chi connectivity index (χ2n) is 14.6. The Morgan fingerprint density at radius 3 is 1.57 bits per heavy atom. The van der Waals surface area contributed by atoms with E-state index in [4.69, 9.17) is 71.1 Å². The van der Waals surface area contributed by atoms with Gasteiger partial charge >= 0.3 is 41.8 Å². The Balaban J connectivity index is 1.37. The summed E-state index contributed by atoms with van der Waals surface area (Å²) in [5.41, 5.74) is 0.635. The molecule has 0 radical (unpaired) electrons. The first-order valence-corrected chi connectivity index (χ1v) is 19.4. The van der Waals surface area contributed by atoms with Crippen molar-refractivity contribution in [3.63, 3.8) is 0 Å². The third kappa shape index (κ3) is 11.2. The first-order chi connectivity index (χ1) is 29.0. The van der Waals surface area contributed by atoms with Crippen molar-refractivity contribution in [1.82, 2.24) is 0 Å². The molecule has 5 aliphatic heterocycles. The van der Waals surface area contributed by atoms with E-state index in [1.54, 1.807) is 30.3 Å². The smallest absolute Gasteiger partial charge is 0.303 e. The molecule has 0 saturated carbocycles. The maximum absolute atomic E-state index is 12.9. The van der Waals surface area contributed by atoms with Gasteiger partial charge < -0.3 is 71.1 Å². The molecule has 1 unspecified atom stereocenters. The molecule has 0 N–H and O–H groups in total. The molecule has 1 aromatic rings. The van der Waals surface area contributed by atoms with Gasteiger partial charge in [0.1, 0.15) is 43.2 Å². The molecule has 16 atom stereocenters. The lowest BCUT2D eigenvalue weighted by molar-refractivity contribution is -0.390. The number of ether oxygens (including phenoxy) is 15. The lowest BCUT2D eigenvalue weighted by atomic mass is 9.95. The van der Waals surface area contributed by atoms with E-state index in [-0.39, 0.29) is 13.2 Å². The van der Waals surface area contributed by atoms with Crippen LogP contribution >= 0.6 is 0 Å². The molecule has 0 aromatic heterocycles. The van der Waals surface area contributed by atoms with Crippen LogP contribution in [0, 0.1) is 0 Å². The predicted octanol–water partition coefficient (Wildman–Crippen LogP) is 0.229. The number of esters is 7. The Hall–Kier alpha value is -4.81. The standard InChI is InChI=1S/C39H48O22/c1-16(40)47-13-24-28(60-39-34(54-21(6)45)31(51-18(3)42)27-26(58-39)14-48-36(59-27)23-11-9-8-10-12-23)32(52-19(4)43)35(55-22(7)46)38(57-24)61-29-25-15-49-37(56-25)33(53-20(5)44)30(29)50-17(2)41/h8-12,24-39H,13-15H2,1-7H3/t24-,25-,26-,27-,28-,29-,30+,31+,32+,33-,34-,35-,36?,37-,38+,39+/m1/s1. The van der Waals surface area contributed by atoms with E-state index in [0.29, 0.717) is 5.56 Å². The summed E-state index contributed by atoms with van der Waals surface area (Å²) in [7, 11) is 0. The molecule has 0 spiro atoms. The number of benzene rings is 1. The first-order valence-electron chi connectivity index (χ1n) is 19.4. The summed E-state index contributed by atoms with van der Waals surface area (Å²) < 4.78 is 88.5. The zero-order valence-corrected chi connectivity index (χ0v) is 34.2. The number of fused-ring (bicyclic) bond motifs is 3. The molecule has 6 rings (SSSR count). The van der Waals surface area contributed by atoms with Crippen LogP contribution in [0.3, 0.4) is 0 Å². The Morgan fingerprint density at radius 2 is 0.984 bits per heavy atom. The topological polar surface area (TPSA) is 258 Å². The molecule has 61 heavy (non-hydrogen) atoms. The van der Waals surface area contributed by atoms with Crippen molar-refractivity contribution in [1.29, 1.82) is 0 Å². The predicted molar refractivity (Wildman–Crippen MR) is 192 cm³/mol. The highest BCUT2D eigenvalue weighted by molar-refractivity contribution is 5.69. The van der Waals surface area contributed by atoms with Crippen molar-refractivity contribution >= 4 is 41.8 Å². The zero-order valence-electron chi connectivity index (χ0n) is 34.2. The number of hydrogen-bond acceptors (Lipinski definition) is 22. The van der Waals surface area contributed by atoms with Crippen molar-refractivity contribution in [2.24, 2.45) is 0 Å². The number of hydrogen-bond donors (Lipinski definition) is 0. The van der Waals surface area contributed by atoms with Gasteiger partial charge in [-0.3, -0.25) is 33.6 Å². The Morgan fingerprint density at radius 1 is 0.492 bits per heavy atom. The van der Waals surface area contributed by atoms with Crippen LogP contribution in [-0.4, -0.2) is 154 Å². The third-order valence-electron chi connectivity index (χ3n) is 9.81. The molecule has 22 heteroatoms. The number of carbonyl (C=O) groups excluding carboxylic acids is 7. The van der Waals surface area contributed by atoms with Gasteiger partial charge in [-0.25, -0.2) is 0 Å². The number of rotatable bonds is 13. The van der Waals surface area contributed by atoms with Crippen LogP contribution in [0.1, 0.15) is 60.3 Å². The zero-order chi connectivity index (χ0) is 44.1. The molecule has 5 saturated heterocycles. The molecular weight excluding hydrogens is 820 g/mol. The largest absolute Gasteiger partial charge is 0.463 e. The highest BCUT2D eigenvalue weighted by Crippen LogP contribution is 2.41. The Labute approximate surface area is 348 Å². The van der Waals surface area contributed by atoms with E-state index in [9.17, 15) is 33.6 Å². The fraction of sp³-hybridized carbons (Fsp3) is 0.667. The van der Waals surface area contributed by atoms with Gasteiger partial charge in [-0.05, 0) is 0 Å². The van der Waals surface area contributed by atoms with E-state index >= 15 is 0 Å². The Kier molecular flexibility index (Phi) is 14.9. The molecule has 5 fully saturated rings. The van der Waals surface area contributed by atoms with Crippen LogP contribution < -0.4 is 0 Å². The van der Waals surface area contributed by atoms with Crippen LogP contribution in [0.2, 0.25) is 0 Å². The molecular formula is C39H48O22. The van der Waals surface area contributed by atoms with E-state index in [2.05, 4.69) is 0 Å². The summed E-state index contributed by atoms with van der Waals surface area (Å²) in [5.74, 6) is -5.76. The van der Waals surface area contributed by atoms with E-state index in [1.807, 2.05) is 0 Å². The second-order valence-corrected chi connectivity index (χ2v) is 14.6. The summed E-state index contributed by atoms with van der Waals surface area (Å²) >= 11 is 0. The fourth-order valence-electron chi connectivity index (χ4n) is 7.66. The molecule has 1 aromatic carbocycles. The van der Waals surface area contributed by atoms with Gasteiger partial charge in [0, 0.05) is 54.0 Å². The van der Waals surface area contributed by atoms with Gasteiger partial charge in [-0.1, -0.05) is 30.3 Å². The molecule has 0 aliphatic carbocycles. The minimum atomic E-state index is -1.75. The molecule has 5 aliphatic rings. The molecule has 22 nitrogen and oxygen atoms in total. The van der Waals surface area contributed by atoms with Crippen LogP contribution in [0.25, 0.3) is 0 Å². The fourth-order valence-corrected chi connectivity index (χ4v) is 7.66. The summed E-state index contributed by atoms with van der Waals surface area (Å²) in [6, 6.07) is 8.87. The summed E-state index contributed by atoms with van der Waals surface area (Å²) in [5, 5.41) is 0. The summed E-state index contributed by atoms with van der Waals surface area (Å²) in [6.07, 6.45) is -22.1. The van der Waals surface area contributed by atoms with E-state index in [0.717, 1.165) is 48.5 Å². The quantitative estimate of drug-likeness (QED) is 0.190. The maximum atomic E-state index is 12.9. The lowest BCUT2D eigenvalue weighted by Gasteiger charge is -2.51. The third-order valence-corrected chi connectivity index (χ3v) is 9.81. The average Bonchev–Trinajstić information content (AvgIpc) is 3.62. The first kappa shape index (κ1) is 45.7. The van der Waals surface area contributed by atoms with Crippen molar-refractivity contribution in [3.05, 3.63) is 35.9 Å². The molecule has 5 heterocycles. The van der Waals surface area contributed by atoms with Gasteiger partial charge in [0.05, 0.1) is 13.2 Å². The number of carbonyl (C=O) groups is 7. The van der Waals surface area contributed by atoms with Crippen LogP contribution in [0.15, 0.2) is 30.3 Å². The van der Waals surface area contributed by atoms with Crippen molar-refractivity contribution < 1.29 is 105 Å². The molecule has 336 valence electrons. The summed E-state index contributed by atoms with van der Waals surface area (Å²) in [6.45, 7) is 6.81. The van der Waals surface area contributed by atoms with Gasteiger partial charge in [-0.2, -0.15) is 0 Å². The average molecular weight is 869 g/mol. The van der Waals surface area contributed by atoms with Crippen LogP contribution in [-0.2, 0) is 105 Å². The van der Waals surface area contributed by atoms with Gasteiger partial charge in [0.25, 0.3) is 0 Å². The monoisotopic (exact) mass is 868 g/mol. The van der Waals surface area contributed by atoms with Crippen molar-refractivity contribution in [2.45, 2.75) is 147 Å². The van der Waals surface area contributed by atoms with Gasteiger partial charge in [-0.15, -0.1) is 0 Å². The SMILES string of the molecule is CC(=O)OC[C@H]1O[C@@H](O[C@H]2[C@H](OC(C)=O)[C@@H](OC(C)=O)[C@@H]3OC[C@H]2O3)[C@H](OC(C)=O)[C@@H](OC(C)=O)[C@@H]1O[C@@H]1O[C@@H]2COC(c3ccccc3)O[C@H]2[C@H](OC(C)=O)[C@H]1OC(C)=O. The minimum absolute atomic E-state index is 0.131. The highest BCUT2D eigenvalue weighted by Gasteiger charge is 2.61. The van der Waals surface area contributed by atoms with Gasteiger partial charge in [0.2, 0.25) is 0 Å². The second kappa shape index (κ2) is 19.9.